The van der Waals surface area contributed by atoms with Gasteiger partial charge in [0, 0.05) is 16.5 Å². The molecule has 3 heterocycles. The van der Waals surface area contributed by atoms with Crippen molar-refractivity contribution in [1.29, 1.82) is 0 Å². The summed E-state index contributed by atoms with van der Waals surface area (Å²) in [7, 11) is 0. The first-order valence-electron chi connectivity index (χ1n) is 6.48. The Morgan fingerprint density at radius 2 is 2.23 bits per heavy atom. The van der Waals surface area contributed by atoms with Gasteiger partial charge in [0.05, 0.1) is 32.9 Å². The van der Waals surface area contributed by atoms with Crippen LogP contribution in [0.25, 0.3) is 9.88 Å². The topological polar surface area (TPSA) is 54.9 Å². The maximum absolute atomic E-state index is 12.0. The summed E-state index contributed by atoms with van der Waals surface area (Å²) in [5.41, 5.74) is 0.780. The highest BCUT2D eigenvalue weighted by molar-refractivity contribution is 7.23. The fourth-order valence-electron chi connectivity index (χ4n) is 1.83. The van der Waals surface area contributed by atoms with Gasteiger partial charge in [0.15, 0.2) is 0 Å². The molecule has 1 N–H and O–H groups in total. The van der Waals surface area contributed by atoms with Crippen molar-refractivity contribution in [3.05, 3.63) is 43.6 Å². The molecular formula is C14H12ClN3OS3. The van der Waals surface area contributed by atoms with E-state index in [0.29, 0.717) is 6.54 Å². The van der Waals surface area contributed by atoms with Crippen LogP contribution in [0.5, 0.6) is 0 Å². The van der Waals surface area contributed by atoms with E-state index in [1.54, 1.807) is 17.5 Å². The molecule has 0 aliphatic rings. The summed E-state index contributed by atoms with van der Waals surface area (Å²) in [5.74, 6) is -0.0351. The minimum atomic E-state index is -0.0351. The van der Waals surface area contributed by atoms with Crippen molar-refractivity contribution in [2.24, 2.45) is 0 Å². The van der Waals surface area contributed by atoms with Crippen LogP contribution < -0.4 is 5.32 Å². The summed E-state index contributed by atoms with van der Waals surface area (Å²) >= 11 is 10.5. The van der Waals surface area contributed by atoms with E-state index in [9.17, 15) is 4.79 Å². The molecule has 8 heteroatoms. The number of amides is 1. The predicted octanol–water partition coefficient (Wildman–Crippen LogP) is 4.15. The van der Waals surface area contributed by atoms with E-state index in [1.165, 1.54) is 22.7 Å². The molecule has 0 fully saturated rings. The summed E-state index contributed by atoms with van der Waals surface area (Å²) in [5, 5.41) is 6.71. The molecule has 0 aliphatic carbocycles. The van der Waals surface area contributed by atoms with E-state index in [0.717, 1.165) is 29.8 Å². The van der Waals surface area contributed by atoms with E-state index >= 15 is 0 Å². The second-order valence-electron chi connectivity index (χ2n) is 4.55. The van der Waals surface area contributed by atoms with Crippen molar-refractivity contribution in [3.63, 3.8) is 0 Å². The summed E-state index contributed by atoms with van der Waals surface area (Å²) in [6.45, 7) is 2.46. The number of carbonyl (C=O) groups excluding carboxylic acids is 1. The van der Waals surface area contributed by atoms with E-state index in [1.807, 2.05) is 24.4 Å². The average Bonchev–Trinajstić information content (AvgIpc) is 3.18. The minimum Gasteiger partial charge on any atom is -0.351 e. The lowest BCUT2D eigenvalue weighted by molar-refractivity contribution is -0.120. The zero-order valence-electron chi connectivity index (χ0n) is 11.6. The van der Waals surface area contributed by atoms with Gasteiger partial charge in [-0.05, 0) is 19.1 Å². The molecule has 0 aromatic carbocycles. The van der Waals surface area contributed by atoms with Crippen molar-refractivity contribution in [1.82, 2.24) is 15.3 Å². The van der Waals surface area contributed by atoms with Gasteiger partial charge in [-0.1, -0.05) is 11.6 Å². The fourth-order valence-corrected chi connectivity index (χ4v) is 4.50. The van der Waals surface area contributed by atoms with E-state index in [2.05, 4.69) is 15.3 Å². The summed E-state index contributed by atoms with van der Waals surface area (Å²) in [6.07, 6.45) is 2.08. The Hall–Kier alpha value is -1.28. The van der Waals surface area contributed by atoms with Gasteiger partial charge >= 0.3 is 0 Å². The quantitative estimate of drug-likeness (QED) is 0.735. The van der Waals surface area contributed by atoms with Crippen LogP contribution in [0.4, 0.5) is 0 Å². The summed E-state index contributed by atoms with van der Waals surface area (Å²) < 4.78 is 0.740. The molecule has 0 radical (unpaired) electrons. The maximum Gasteiger partial charge on any atom is 0.226 e. The number of aromatic nitrogens is 2. The average molecular weight is 370 g/mol. The van der Waals surface area contributed by atoms with Gasteiger partial charge in [-0.15, -0.1) is 34.0 Å². The highest BCUT2D eigenvalue weighted by Crippen LogP contribution is 2.32. The van der Waals surface area contributed by atoms with Crippen molar-refractivity contribution in [2.75, 3.05) is 0 Å². The Bertz CT molecular complexity index is 793. The first kappa shape index (κ1) is 15.6. The van der Waals surface area contributed by atoms with Gasteiger partial charge in [-0.25, -0.2) is 9.97 Å². The Labute approximate surface area is 144 Å². The molecule has 0 spiro atoms. The molecule has 0 unspecified atom stereocenters. The highest BCUT2D eigenvalue weighted by Gasteiger charge is 2.11. The zero-order valence-corrected chi connectivity index (χ0v) is 14.8. The number of thiophene rings is 1. The van der Waals surface area contributed by atoms with Gasteiger partial charge in [0.2, 0.25) is 5.91 Å². The Morgan fingerprint density at radius 1 is 1.36 bits per heavy atom. The first-order valence-corrected chi connectivity index (χ1v) is 9.37. The third-order valence-electron chi connectivity index (χ3n) is 2.81. The number of carbonyl (C=O) groups is 1. The Kier molecular flexibility index (Phi) is 4.87. The van der Waals surface area contributed by atoms with Crippen LogP contribution in [0.3, 0.4) is 0 Å². The summed E-state index contributed by atoms with van der Waals surface area (Å²) in [6, 6.07) is 3.80. The van der Waals surface area contributed by atoms with Gasteiger partial charge in [0.25, 0.3) is 0 Å². The van der Waals surface area contributed by atoms with Crippen LogP contribution in [0.2, 0.25) is 4.34 Å². The smallest absolute Gasteiger partial charge is 0.226 e. The molecule has 3 aromatic heterocycles. The molecule has 22 heavy (non-hydrogen) atoms. The molecule has 114 valence electrons. The molecule has 3 aromatic rings. The van der Waals surface area contributed by atoms with Crippen LogP contribution in [0.15, 0.2) is 23.7 Å². The molecule has 3 rings (SSSR count). The van der Waals surface area contributed by atoms with Gasteiger partial charge in [-0.2, -0.15) is 0 Å². The summed E-state index contributed by atoms with van der Waals surface area (Å²) in [4.78, 5) is 22.7. The lowest BCUT2D eigenvalue weighted by Gasteiger charge is -2.01. The van der Waals surface area contributed by atoms with Crippen LogP contribution in [0, 0.1) is 6.92 Å². The monoisotopic (exact) mass is 369 g/mol. The van der Waals surface area contributed by atoms with Crippen LogP contribution in [0.1, 0.15) is 15.6 Å². The molecule has 0 atom stereocenters. The molecule has 0 aliphatic heterocycles. The SMILES string of the molecule is Cc1ncc(CNC(=O)Cc2csc(-c3ccc(Cl)s3)n2)s1. The third-order valence-corrected chi connectivity index (χ3v) is 6.01. The van der Waals surface area contributed by atoms with E-state index in [4.69, 9.17) is 11.6 Å². The molecule has 1 amide bonds. The standard InChI is InChI=1S/C14H12ClN3OS3/c1-8-16-5-10(21-8)6-17-13(19)4-9-7-20-14(18-9)11-2-3-12(15)22-11/h2-3,5,7H,4,6H2,1H3,(H,17,19). The van der Waals surface area contributed by atoms with Crippen molar-refractivity contribution in [2.45, 2.75) is 19.9 Å². The number of rotatable bonds is 5. The molecule has 0 saturated heterocycles. The van der Waals surface area contributed by atoms with Gasteiger partial charge < -0.3 is 5.32 Å². The highest BCUT2D eigenvalue weighted by atomic mass is 35.5. The number of nitrogens with one attached hydrogen (secondary N) is 1. The largest absolute Gasteiger partial charge is 0.351 e. The first-order chi connectivity index (χ1) is 10.6. The third kappa shape index (κ3) is 3.92. The Balaban J connectivity index is 1.56. The number of halogens is 1. The molecule has 0 saturated carbocycles. The number of thiazole rings is 2. The second kappa shape index (κ2) is 6.87. The van der Waals surface area contributed by atoms with E-state index in [-0.39, 0.29) is 12.3 Å². The van der Waals surface area contributed by atoms with Crippen molar-refractivity contribution < 1.29 is 4.79 Å². The fraction of sp³-hybridized carbons (Fsp3) is 0.214. The number of hydrogen-bond acceptors (Lipinski definition) is 6. The van der Waals surface area contributed by atoms with Crippen LogP contribution in [-0.4, -0.2) is 15.9 Å². The lowest BCUT2D eigenvalue weighted by Crippen LogP contribution is -2.24. The minimum absolute atomic E-state index is 0.0351. The molecular weight excluding hydrogens is 358 g/mol. The molecule has 4 nitrogen and oxygen atoms in total. The van der Waals surface area contributed by atoms with Gasteiger partial charge in [0.1, 0.15) is 5.01 Å². The van der Waals surface area contributed by atoms with Crippen LogP contribution in [-0.2, 0) is 17.8 Å². The van der Waals surface area contributed by atoms with Crippen molar-refractivity contribution in [3.8, 4) is 9.88 Å². The number of hydrogen-bond donors (Lipinski definition) is 1. The normalized spacial score (nSPS) is 10.8. The number of nitrogens with zero attached hydrogens (tertiary/aromatic N) is 2. The predicted molar refractivity (Wildman–Crippen MR) is 92.8 cm³/mol. The number of aryl methyl sites for hydroxylation is 1. The van der Waals surface area contributed by atoms with Gasteiger partial charge in [-0.3, -0.25) is 4.79 Å². The lowest BCUT2D eigenvalue weighted by atomic mass is 10.3. The zero-order chi connectivity index (χ0) is 15.5. The van der Waals surface area contributed by atoms with Crippen molar-refractivity contribution >= 4 is 51.5 Å². The second-order valence-corrected chi connectivity index (χ2v) is 8.44. The van der Waals surface area contributed by atoms with E-state index < -0.39 is 0 Å². The Morgan fingerprint density at radius 3 is 2.91 bits per heavy atom. The van der Waals surface area contributed by atoms with Crippen LogP contribution >= 0.6 is 45.6 Å². The maximum atomic E-state index is 12.0. The molecule has 0 bridgehead atoms.